The number of carbonyl (C=O) groups is 2. The number of piperidine rings is 1. The van der Waals surface area contributed by atoms with Gasteiger partial charge in [0, 0.05) is 37.8 Å². The van der Waals surface area contributed by atoms with Crippen molar-refractivity contribution < 1.29 is 14.7 Å². The quantitative estimate of drug-likeness (QED) is 0.845. The largest absolute Gasteiger partial charge is 0.481 e. The van der Waals surface area contributed by atoms with Crippen LogP contribution in [0.5, 0.6) is 0 Å². The van der Waals surface area contributed by atoms with Crippen molar-refractivity contribution in [2.24, 2.45) is 5.92 Å². The van der Waals surface area contributed by atoms with Crippen molar-refractivity contribution in [3.05, 3.63) is 0 Å². The van der Waals surface area contributed by atoms with E-state index in [1.54, 1.807) is 16.7 Å². The van der Waals surface area contributed by atoms with Crippen molar-refractivity contribution in [2.75, 3.05) is 25.6 Å². The zero-order chi connectivity index (χ0) is 14.7. The standard InChI is InChI=1S/C14H24N2O3S/c1-15(5-6-20-2)14(19)16-11-3-4-12(16)8-10(7-11)9-13(17)18/h10-12H,3-9H2,1-2H3,(H,17,18). The Morgan fingerprint density at radius 3 is 2.40 bits per heavy atom. The van der Waals surface area contributed by atoms with Gasteiger partial charge in [0.2, 0.25) is 0 Å². The molecule has 2 saturated heterocycles. The molecule has 2 aliphatic heterocycles. The molecule has 2 fully saturated rings. The van der Waals surface area contributed by atoms with Gasteiger partial charge in [-0.25, -0.2) is 4.79 Å². The van der Waals surface area contributed by atoms with E-state index in [-0.39, 0.29) is 30.5 Å². The summed E-state index contributed by atoms with van der Waals surface area (Å²) in [4.78, 5) is 27.2. The summed E-state index contributed by atoms with van der Waals surface area (Å²) in [5, 5.41) is 8.93. The number of amides is 2. The van der Waals surface area contributed by atoms with E-state index in [2.05, 4.69) is 0 Å². The molecule has 1 N–H and O–H groups in total. The molecular weight excluding hydrogens is 276 g/mol. The maximum absolute atomic E-state index is 12.5. The minimum Gasteiger partial charge on any atom is -0.481 e. The topological polar surface area (TPSA) is 60.9 Å². The maximum Gasteiger partial charge on any atom is 0.320 e. The van der Waals surface area contributed by atoms with Crippen LogP contribution in [0, 0.1) is 5.92 Å². The van der Waals surface area contributed by atoms with Crippen molar-refractivity contribution in [1.29, 1.82) is 0 Å². The highest BCUT2D eigenvalue weighted by Gasteiger charge is 2.44. The van der Waals surface area contributed by atoms with Gasteiger partial charge in [0.05, 0.1) is 0 Å². The summed E-state index contributed by atoms with van der Waals surface area (Å²) in [7, 11) is 1.86. The van der Waals surface area contributed by atoms with E-state index >= 15 is 0 Å². The lowest BCUT2D eigenvalue weighted by Crippen LogP contribution is -2.51. The second-order valence-corrected chi connectivity index (χ2v) is 6.91. The third-order valence-corrected chi connectivity index (χ3v) is 5.06. The molecule has 2 bridgehead atoms. The SMILES string of the molecule is CSCCN(C)C(=O)N1C2CCC1CC(CC(=O)O)C2. The summed E-state index contributed by atoms with van der Waals surface area (Å²) in [5.41, 5.74) is 0. The highest BCUT2D eigenvalue weighted by atomic mass is 32.2. The zero-order valence-electron chi connectivity index (χ0n) is 12.2. The number of thioether (sulfide) groups is 1. The number of carboxylic acid groups (broad SMARTS) is 1. The summed E-state index contributed by atoms with van der Waals surface area (Å²) in [5.74, 6) is 0.476. The van der Waals surface area contributed by atoms with Gasteiger partial charge in [0.25, 0.3) is 0 Å². The van der Waals surface area contributed by atoms with Crippen LogP contribution in [0.1, 0.15) is 32.1 Å². The van der Waals surface area contributed by atoms with Crippen LogP contribution in [-0.2, 0) is 4.79 Å². The van der Waals surface area contributed by atoms with Gasteiger partial charge in [0.15, 0.2) is 0 Å². The molecule has 0 saturated carbocycles. The molecule has 2 amide bonds. The Balaban J connectivity index is 1.94. The van der Waals surface area contributed by atoms with Crippen LogP contribution < -0.4 is 0 Å². The summed E-state index contributed by atoms with van der Waals surface area (Å²) in [6.07, 6.45) is 6.05. The van der Waals surface area contributed by atoms with E-state index in [0.717, 1.165) is 38.0 Å². The first-order valence-electron chi connectivity index (χ1n) is 7.27. The summed E-state index contributed by atoms with van der Waals surface area (Å²) in [6, 6.07) is 0.630. The molecule has 2 rings (SSSR count). The molecule has 0 spiro atoms. The highest BCUT2D eigenvalue weighted by molar-refractivity contribution is 7.98. The highest BCUT2D eigenvalue weighted by Crippen LogP contribution is 2.40. The molecule has 2 heterocycles. The Bertz CT molecular complexity index is 363. The second kappa shape index (κ2) is 6.70. The molecule has 20 heavy (non-hydrogen) atoms. The van der Waals surface area contributed by atoms with Crippen LogP contribution in [0.25, 0.3) is 0 Å². The van der Waals surface area contributed by atoms with Crippen LogP contribution in [0.3, 0.4) is 0 Å². The van der Waals surface area contributed by atoms with Crippen molar-refractivity contribution in [3.8, 4) is 0 Å². The van der Waals surface area contributed by atoms with Crippen LogP contribution >= 0.6 is 11.8 Å². The van der Waals surface area contributed by atoms with Gasteiger partial charge in [-0.05, 0) is 37.9 Å². The predicted molar refractivity (Wildman–Crippen MR) is 80.0 cm³/mol. The van der Waals surface area contributed by atoms with Crippen LogP contribution in [-0.4, -0.2) is 64.6 Å². The summed E-state index contributed by atoms with van der Waals surface area (Å²) < 4.78 is 0. The van der Waals surface area contributed by atoms with Crippen LogP contribution in [0.2, 0.25) is 0 Å². The lowest BCUT2D eigenvalue weighted by molar-refractivity contribution is -0.138. The molecule has 0 aliphatic carbocycles. The van der Waals surface area contributed by atoms with Gasteiger partial charge < -0.3 is 14.9 Å². The monoisotopic (exact) mass is 300 g/mol. The Morgan fingerprint density at radius 1 is 1.30 bits per heavy atom. The maximum atomic E-state index is 12.5. The van der Waals surface area contributed by atoms with E-state index in [9.17, 15) is 9.59 Å². The van der Waals surface area contributed by atoms with Crippen molar-refractivity contribution in [3.63, 3.8) is 0 Å². The fourth-order valence-corrected chi connectivity index (χ4v) is 3.99. The Labute approximate surface area is 124 Å². The number of carboxylic acids is 1. The van der Waals surface area contributed by atoms with Gasteiger partial charge in [-0.1, -0.05) is 0 Å². The van der Waals surface area contributed by atoms with E-state index < -0.39 is 5.97 Å². The number of urea groups is 1. The first-order chi connectivity index (χ1) is 9.52. The molecule has 5 nitrogen and oxygen atoms in total. The Hall–Kier alpha value is -0.910. The number of carbonyl (C=O) groups excluding carboxylic acids is 1. The second-order valence-electron chi connectivity index (χ2n) is 5.92. The fourth-order valence-electron chi connectivity index (χ4n) is 3.54. The van der Waals surface area contributed by atoms with E-state index in [4.69, 9.17) is 5.11 Å². The minimum absolute atomic E-state index is 0.125. The average Bonchev–Trinajstić information content (AvgIpc) is 2.66. The number of hydrogen-bond donors (Lipinski definition) is 1. The molecule has 2 unspecified atom stereocenters. The first kappa shape index (κ1) is 15.5. The molecule has 6 heteroatoms. The Kier molecular flexibility index (Phi) is 5.18. The zero-order valence-corrected chi connectivity index (χ0v) is 13.1. The van der Waals surface area contributed by atoms with Gasteiger partial charge in [-0.3, -0.25) is 4.79 Å². The molecule has 0 aromatic carbocycles. The Morgan fingerprint density at radius 2 is 1.90 bits per heavy atom. The number of fused-ring (bicyclic) bond motifs is 2. The number of aliphatic carboxylic acids is 1. The third-order valence-electron chi connectivity index (χ3n) is 4.47. The third kappa shape index (κ3) is 3.40. The van der Waals surface area contributed by atoms with E-state index in [0.29, 0.717) is 0 Å². The van der Waals surface area contributed by atoms with Crippen LogP contribution in [0.4, 0.5) is 4.79 Å². The van der Waals surface area contributed by atoms with Crippen LogP contribution in [0.15, 0.2) is 0 Å². The lowest BCUT2D eigenvalue weighted by atomic mass is 9.88. The smallest absolute Gasteiger partial charge is 0.320 e. The van der Waals surface area contributed by atoms with Gasteiger partial charge in [-0.15, -0.1) is 0 Å². The van der Waals surface area contributed by atoms with Gasteiger partial charge in [0.1, 0.15) is 0 Å². The molecular formula is C14H24N2O3S. The van der Waals surface area contributed by atoms with Gasteiger partial charge in [-0.2, -0.15) is 11.8 Å². The fraction of sp³-hybridized carbons (Fsp3) is 0.857. The normalized spacial score (nSPS) is 28.5. The predicted octanol–water partition coefficient (Wildman–Crippen LogP) is 2.12. The molecule has 0 radical (unpaired) electrons. The molecule has 2 aliphatic rings. The summed E-state index contributed by atoms with van der Waals surface area (Å²) in [6.45, 7) is 0.772. The number of hydrogen-bond acceptors (Lipinski definition) is 3. The van der Waals surface area contributed by atoms with E-state index in [1.165, 1.54) is 0 Å². The van der Waals surface area contributed by atoms with Crippen molar-refractivity contribution in [2.45, 2.75) is 44.2 Å². The lowest BCUT2D eigenvalue weighted by Gasteiger charge is -2.40. The molecule has 0 aromatic heterocycles. The molecule has 0 aromatic rings. The minimum atomic E-state index is -0.716. The van der Waals surface area contributed by atoms with Gasteiger partial charge >= 0.3 is 12.0 Å². The molecule has 114 valence electrons. The van der Waals surface area contributed by atoms with Crippen molar-refractivity contribution >= 4 is 23.8 Å². The number of rotatable bonds is 5. The molecule has 2 atom stereocenters. The first-order valence-corrected chi connectivity index (χ1v) is 8.66. The number of nitrogens with zero attached hydrogens (tertiary/aromatic N) is 2. The van der Waals surface area contributed by atoms with E-state index in [1.807, 2.05) is 18.2 Å². The summed E-state index contributed by atoms with van der Waals surface area (Å²) >= 11 is 1.74. The van der Waals surface area contributed by atoms with Crippen molar-refractivity contribution in [1.82, 2.24) is 9.80 Å². The average molecular weight is 300 g/mol.